The van der Waals surface area contributed by atoms with Gasteiger partial charge < -0.3 is 5.32 Å². The minimum absolute atomic E-state index is 0.0916. The molecule has 2 rings (SSSR count). The van der Waals surface area contributed by atoms with Crippen molar-refractivity contribution in [2.45, 2.75) is 19.4 Å². The van der Waals surface area contributed by atoms with Gasteiger partial charge in [0.2, 0.25) is 0 Å². The fraction of sp³-hybridized carbons (Fsp3) is 0.267. The SMILES string of the molecule is CCNC(Cc1ccncc1)c1cccc(Cl)c1F. The third kappa shape index (κ3) is 3.52. The highest BCUT2D eigenvalue weighted by Crippen LogP contribution is 2.25. The molecule has 2 aromatic rings. The van der Waals surface area contributed by atoms with Crippen LogP contribution in [0.3, 0.4) is 0 Å². The maximum absolute atomic E-state index is 14.1. The molecule has 0 aliphatic carbocycles. The molecule has 19 heavy (non-hydrogen) atoms. The molecule has 4 heteroatoms. The second kappa shape index (κ2) is 6.64. The molecule has 2 nitrogen and oxygen atoms in total. The summed E-state index contributed by atoms with van der Waals surface area (Å²) >= 11 is 5.85. The monoisotopic (exact) mass is 278 g/mol. The van der Waals surface area contributed by atoms with E-state index in [1.807, 2.05) is 19.1 Å². The lowest BCUT2D eigenvalue weighted by molar-refractivity contribution is 0.510. The van der Waals surface area contributed by atoms with E-state index in [-0.39, 0.29) is 16.9 Å². The predicted octanol–water partition coefficient (Wildman–Crippen LogP) is 3.77. The molecule has 0 saturated heterocycles. The summed E-state index contributed by atoms with van der Waals surface area (Å²) in [6, 6.07) is 8.90. The first-order valence-corrected chi connectivity index (χ1v) is 6.66. The predicted molar refractivity (Wildman–Crippen MR) is 75.8 cm³/mol. The molecule has 1 N–H and O–H groups in total. The Balaban J connectivity index is 2.27. The summed E-state index contributed by atoms with van der Waals surface area (Å²) < 4.78 is 14.1. The highest BCUT2D eigenvalue weighted by Gasteiger charge is 2.17. The number of nitrogens with zero attached hydrogens (tertiary/aromatic N) is 1. The molecule has 0 aliphatic rings. The second-order valence-corrected chi connectivity index (χ2v) is 4.72. The quantitative estimate of drug-likeness (QED) is 0.901. The molecule has 0 amide bonds. The van der Waals surface area contributed by atoms with Crippen LogP contribution in [-0.2, 0) is 6.42 Å². The molecule has 1 heterocycles. The lowest BCUT2D eigenvalue weighted by Gasteiger charge is -2.19. The van der Waals surface area contributed by atoms with Crippen LogP contribution < -0.4 is 5.32 Å². The van der Waals surface area contributed by atoms with Gasteiger partial charge in [0.05, 0.1) is 5.02 Å². The van der Waals surface area contributed by atoms with Gasteiger partial charge >= 0.3 is 0 Å². The first-order valence-electron chi connectivity index (χ1n) is 6.28. The highest BCUT2D eigenvalue weighted by molar-refractivity contribution is 6.30. The van der Waals surface area contributed by atoms with Gasteiger partial charge in [-0.25, -0.2) is 4.39 Å². The molecule has 1 aromatic carbocycles. The van der Waals surface area contributed by atoms with Crippen LogP contribution in [-0.4, -0.2) is 11.5 Å². The molecule has 1 unspecified atom stereocenters. The average molecular weight is 279 g/mol. The van der Waals surface area contributed by atoms with Crippen molar-refractivity contribution in [3.63, 3.8) is 0 Å². The average Bonchev–Trinajstić information content (AvgIpc) is 2.43. The molecular formula is C15H16ClFN2. The van der Waals surface area contributed by atoms with Crippen LogP contribution in [0.1, 0.15) is 24.1 Å². The van der Waals surface area contributed by atoms with E-state index in [0.717, 1.165) is 12.1 Å². The normalized spacial score (nSPS) is 12.4. The van der Waals surface area contributed by atoms with Gasteiger partial charge in [0, 0.05) is 24.0 Å². The molecule has 1 atom stereocenters. The number of pyridine rings is 1. The Bertz CT molecular complexity index is 531. The van der Waals surface area contributed by atoms with Crippen LogP contribution >= 0.6 is 11.6 Å². The van der Waals surface area contributed by atoms with Crippen LogP contribution in [0, 0.1) is 5.82 Å². The zero-order valence-electron chi connectivity index (χ0n) is 10.7. The standard InChI is InChI=1S/C15H16ClFN2/c1-2-19-14(10-11-6-8-18-9-7-11)12-4-3-5-13(16)15(12)17/h3-9,14,19H,2,10H2,1H3. The van der Waals surface area contributed by atoms with Gasteiger partial charge in [-0.2, -0.15) is 0 Å². The van der Waals surface area contributed by atoms with Gasteiger partial charge in [-0.15, -0.1) is 0 Å². The fourth-order valence-electron chi connectivity index (χ4n) is 2.08. The molecule has 100 valence electrons. The number of hydrogen-bond donors (Lipinski definition) is 1. The van der Waals surface area contributed by atoms with Gasteiger partial charge in [-0.05, 0) is 36.7 Å². The Labute approximate surface area is 117 Å². The largest absolute Gasteiger partial charge is 0.310 e. The van der Waals surface area contributed by atoms with Crippen molar-refractivity contribution in [2.24, 2.45) is 0 Å². The Morgan fingerprint density at radius 1 is 1.26 bits per heavy atom. The summed E-state index contributed by atoms with van der Waals surface area (Å²) in [6.45, 7) is 2.77. The van der Waals surface area contributed by atoms with Gasteiger partial charge in [0.15, 0.2) is 0 Å². The number of likely N-dealkylation sites (N-methyl/N-ethyl adjacent to an activating group) is 1. The van der Waals surface area contributed by atoms with Crippen molar-refractivity contribution in [3.05, 3.63) is 64.7 Å². The lowest BCUT2D eigenvalue weighted by Crippen LogP contribution is -2.24. The van der Waals surface area contributed by atoms with Crippen LogP contribution in [0.5, 0.6) is 0 Å². The molecule has 0 fully saturated rings. The van der Waals surface area contributed by atoms with E-state index in [4.69, 9.17) is 11.6 Å². The van der Waals surface area contributed by atoms with Crippen molar-refractivity contribution < 1.29 is 4.39 Å². The highest BCUT2D eigenvalue weighted by atomic mass is 35.5. The van der Waals surface area contributed by atoms with E-state index in [1.54, 1.807) is 30.6 Å². The van der Waals surface area contributed by atoms with Crippen molar-refractivity contribution in [2.75, 3.05) is 6.54 Å². The van der Waals surface area contributed by atoms with Gasteiger partial charge in [0.1, 0.15) is 5.82 Å². The number of benzene rings is 1. The Hall–Kier alpha value is -1.45. The van der Waals surface area contributed by atoms with E-state index in [0.29, 0.717) is 12.0 Å². The van der Waals surface area contributed by atoms with E-state index < -0.39 is 0 Å². The molecule has 0 radical (unpaired) electrons. The van der Waals surface area contributed by atoms with Crippen LogP contribution in [0.15, 0.2) is 42.7 Å². The molecule has 1 aromatic heterocycles. The number of halogens is 2. The van der Waals surface area contributed by atoms with Gasteiger partial charge in [0.25, 0.3) is 0 Å². The maximum atomic E-state index is 14.1. The molecule has 0 bridgehead atoms. The Kier molecular flexibility index (Phi) is 4.88. The first-order chi connectivity index (χ1) is 9.22. The van der Waals surface area contributed by atoms with Crippen LogP contribution in [0.4, 0.5) is 4.39 Å². The van der Waals surface area contributed by atoms with Crippen molar-refractivity contribution >= 4 is 11.6 Å². The van der Waals surface area contributed by atoms with Crippen LogP contribution in [0.2, 0.25) is 5.02 Å². The molecule has 0 spiro atoms. The summed E-state index contributed by atoms with van der Waals surface area (Å²) in [5.41, 5.74) is 1.71. The summed E-state index contributed by atoms with van der Waals surface area (Å²) in [4.78, 5) is 3.99. The minimum atomic E-state index is -0.343. The molecular weight excluding hydrogens is 263 g/mol. The summed E-state index contributed by atoms with van der Waals surface area (Å²) in [6.07, 6.45) is 4.19. The third-order valence-corrected chi connectivity index (χ3v) is 3.29. The summed E-state index contributed by atoms with van der Waals surface area (Å²) in [5, 5.41) is 3.46. The number of aromatic nitrogens is 1. The van der Waals surface area contributed by atoms with E-state index in [9.17, 15) is 4.39 Å². The third-order valence-electron chi connectivity index (χ3n) is 3.00. The van der Waals surface area contributed by atoms with Crippen LogP contribution in [0.25, 0.3) is 0 Å². The van der Waals surface area contributed by atoms with E-state index in [1.165, 1.54) is 0 Å². The van der Waals surface area contributed by atoms with Crippen molar-refractivity contribution in [3.8, 4) is 0 Å². The lowest BCUT2D eigenvalue weighted by atomic mass is 9.99. The fourth-order valence-corrected chi connectivity index (χ4v) is 2.26. The van der Waals surface area contributed by atoms with Gasteiger partial charge in [-0.3, -0.25) is 4.98 Å². The second-order valence-electron chi connectivity index (χ2n) is 4.31. The molecule has 0 aliphatic heterocycles. The first kappa shape index (κ1) is 14.0. The number of hydrogen-bond acceptors (Lipinski definition) is 2. The van der Waals surface area contributed by atoms with Gasteiger partial charge in [-0.1, -0.05) is 30.7 Å². The number of nitrogens with one attached hydrogen (secondary N) is 1. The smallest absolute Gasteiger partial charge is 0.146 e. The maximum Gasteiger partial charge on any atom is 0.146 e. The summed E-state index contributed by atoms with van der Waals surface area (Å²) in [5.74, 6) is -0.343. The summed E-state index contributed by atoms with van der Waals surface area (Å²) in [7, 11) is 0. The van der Waals surface area contributed by atoms with E-state index in [2.05, 4.69) is 10.3 Å². The topological polar surface area (TPSA) is 24.9 Å². The van der Waals surface area contributed by atoms with Crippen molar-refractivity contribution in [1.29, 1.82) is 0 Å². The number of rotatable bonds is 5. The zero-order chi connectivity index (χ0) is 13.7. The Morgan fingerprint density at radius 3 is 2.68 bits per heavy atom. The molecule has 0 saturated carbocycles. The zero-order valence-corrected chi connectivity index (χ0v) is 11.5. The van der Waals surface area contributed by atoms with Crippen molar-refractivity contribution in [1.82, 2.24) is 10.3 Å². The van der Waals surface area contributed by atoms with E-state index >= 15 is 0 Å². The minimum Gasteiger partial charge on any atom is -0.310 e. The Morgan fingerprint density at radius 2 is 2.00 bits per heavy atom.